The summed E-state index contributed by atoms with van der Waals surface area (Å²) in [7, 11) is 0. The van der Waals surface area contributed by atoms with E-state index in [1.807, 2.05) is 0 Å². The van der Waals surface area contributed by atoms with Gasteiger partial charge >= 0.3 is 17.9 Å². The summed E-state index contributed by atoms with van der Waals surface area (Å²) in [6.07, 6.45) is 68.1. The molecule has 1 atom stereocenters. The monoisotopic (exact) mass is 939 g/mol. The lowest BCUT2D eigenvalue weighted by molar-refractivity contribution is -0.167. The SMILES string of the molecule is CCCCC/C=C\C/C=C\CCCCCCCCCCCC(=O)OC[C@@H](COC(=O)CCCCCCC/C=C\CCCCCC)OC(=O)CCCCCCCCC/C=C\CCCCCCCC. The van der Waals surface area contributed by atoms with Crippen molar-refractivity contribution in [2.24, 2.45) is 0 Å². The molecule has 0 aromatic heterocycles. The van der Waals surface area contributed by atoms with Crippen molar-refractivity contribution >= 4 is 17.9 Å². The molecular weight excluding hydrogens is 829 g/mol. The molecule has 0 spiro atoms. The van der Waals surface area contributed by atoms with Crippen molar-refractivity contribution in [2.45, 2.75) is 309 Å². The van der Waals surface area contributed by atoms with Gasteiger partial charge in [0, 0.05) is 19.3 Å². The fraction of sp³-hybridized carbons (Fsp3) is 0.820. The Labute approximate surface area is 416 Å². The largest absolute Gasteiger partial charge is 0.462 e. The summed E-state index contributed by atoms with van der Waals surface area (Å²) in [6.45, 7) is 6.61. The third kappa shape index (κ3) is 54.2. The molecule has 0 aromatic carbocycles. The standard InChI is InChI=1S/C61H110O6/c1-4-7-10-13-16-19-22-25-27-29-30-32-33-36-39-42-45-48-51-54-60(63)66-57-58(56-65-59(62)53-50-47-44-41-38-35-24-21-18-15-12-9-6-3)67-61(64)55-52-49-46-43-40-37-34-31-28-26-23-20-17-14-11-8-5-2/h16,19,21,24-28,58H,4-15,17-18,20,22-23,29-57H2,1-3H3/b19-16-,24-21-,27-25-,28-26-/t58-/m1/s1. The van der Waals surface area contributed by atoms with E-state index in [9.17, 15) is 14.4 Å². The van der Waals surface area contributed by atoms with Crippen molar-refractivity contribution in [3.8, 4) is 0 Å². The van der Waals surface area contributed by atoms with E-state index in [2.05, 4.69) is 69.4 Å². The summed E-state index contributed by atoms with van der Waals surface area (Å²) in [5, 5.41) is 0. The second-order valence-electron chi connectivity index (χ2n) is 19.5. The maximum atomic E-state index is 12.9. The van der Waals surface area contributed by atoms with Crippen LogP contribution >= 0.6 is 0 Å². The van der Waals surface area contributed by atoms with Crippen LogP contribution in [0.15, 0.2) is 48.6 Å². The smallest absolute Gasteiger partial charge is 0.306 e. The van der Waals surface area contributed by atoms with Crippen LogP contribution in [-0.2, 0) is 28.6 Å². The van der Waals surface area contributed by atoms with Gasteiger partial charge in [-0.15, -0.1) is 0 Å². The van der Waals surface area contributed by atoms with Gasteiger partial charge in [-0.2, -0.15) is 0 Å². The average Bonchev–Trinajstić information content (AvgIpc) is 3.33. The Morgan fingerprint density at radius 2 is 0.537 bits per heavy atom. The van der Waals surface area contributed by atoms with Gasteiger partial charge in [-0.3, -0.25) is 14.4 Å². The van der Waals surface area contributed by atoms with Crippen molar-refractivity contribution in [2.75, 3.05) is 13.2 Å². The molecule has 0 N–H and O–H groups in total. The fourth-order valence-corrected chi connectivity index (χ4v) is 8.35. The van der Waals surface area contributed by atoms with E-state index in [-0.39, 0.29) is 31.1 Å². The molecule has 0 aliphatic heterocycles. The Kier molecular flexibility index (Phi) is 53.8. The topological polar surface area (TPSA) is 78.9 Å². The molecule has 0 radical (unpaired) electrons. The molecule has 0 rings (SSSR count). The van der Waals surface area contributed by atoms with Gasteiger partial charge in [0.2, 0.25) is 0 Å². The number of unbranched alkanes of at least 4 members (excludes halogenated alkanes) is 34. The van der Waals surface area contributed by atoms with Crippen LogP contribution in [-0.4, -0.2) is 37.2 Å². The number of carbonyl (C=O) groups excluding carboxylic acids is 3. The van der Waals surface area contributed by atoms with Gasteiger partial charge in [-0.25, -0.2) is 0 Å². The first-order valence-corrected chi connectivity index (χ1v) is 29.1. The number of allylic oxidation sites excluding steroid dienone is 8. The highest BCUT2D eigenvalue weighted by atomic mass is 16.6. The van der Waals surface area contributed by atoms with Crippen LogP contribution in [0.3, 0.4) is 0 Å². The van der Waals surface area contributed by atoms with Crippen molar-refractivity contribution in [1.82, 2.24) is 0 Å². The zero-order valence-electron chi connectivity index (χ0n) is 44.7. The van der Waals surface area contributed by atoms with Crippen LogP contribution in [0.5, 0.6) is 0 Å². The molecule has 390 valence electrons. The molecule has 0 unspecified atom stereocenters. The number of hydrogen-bond donors (Lipinski definition) is 0. The minimum atomic E-state index is -0.779. The van der Waals surface area contributed by atoms with Crippen LogP contribution in [0, 0.1) is 0 Å². The molecule has 6 nitrogen and oxygen atoms in total. The van der Waals surface area contributed by atoms with Crippen molar-refractivity contribution < 1.29 is 28.6 Å². The molecule has 0 amide bonds. The van der Waals surface area contributed by atoms with E-state index in [4.69, 9.17) is 14.2 Å². The van der Waals surface area contributed by atoms with Crippen LogP contribution in [0.4, 0.5) is 0 Å². The van der Waals surface area contributed by atoms with E-state index in [0.717, 1.165) is 70.6 Å². The molecule has 0 bridgehead atoms. The normalized spacial score (nSPS) is 12.3. The second-order valence-corrected chi connectivity index (χ2v) is 19.5. The summed E-state index contributed by atoms with van der Waals surface area (Å²) >= 11 is 0. The van der Waals surface area contributed by atoms with Gasteiger partial charge in [-0.1, -0.05) is 230 Å². The van der Waals surface area contributed by atoms with Crippen LogP contribution in [0.25, 0.3) is 0 Å². The fourth-order valence-electron chi connectivity index (χ4n) is 8.35. The first kappa shape index (κ1) is 64.4. The molecule has 6 heteroatoms. The molecule has 0 fully saturated rings. The lowest BCUT2D eigenvalue weighted by Crippen LogP contribution is -2.30. The molecule has 0 aromatic rings. The minimum Gasteiger partial charge on any atom is -0.462 e. The number of rotatable bonds is 53. The highest BCUT2D eigenvalue weighted by molar-refractivity contribution is 5.71. The highest BCUT2D eigenvalue weighted by Gasteiger charge is 2.19. The summed E-state index contributed by atoms with van der Waals surface area (Å²) in [5.74, 6) is -0.882. The molecule has 0 heterocycles. The third-order valence-electron chi connectivity index (χ3n) is 12.8. The maximum Gasteiger partial charge on any atom is 0.306 e. The van der Waals surface area contributed by atoms with Gasteiger partial charge in [0.05, 0.1) is 0 Å². The number of carbonyl (C=O) groups is 3. The first-order valence-electron chi connectivity index (χ1n) is 29.1. The zero-order chi connectivity index (χ0) is 48.6. The van der Waals surface area contributed by atoms with E-state index in [1.165, 1.54) is 193 Å². The number of ether oxygens (including phenoxy) is 3. The molecule has 67 heavy (non-hydrogen) atoms. The molecule has 0 aliphatic carbocycles. The van der Waals surface area contributed by atoms with E-state index < -0.39 is 6.10 Å². The molecular formula is C61H110O6. The maximum absolute atomic E-state index is 12.9. The molecule has 0 saturated carbocycles. The van der Waals surface area contributed by atoms with Crippen molar-refractivity contribution in [1.29, 1.82) is 0 Å². The summed E-state index contributed by atoms with van der Waals surface area (Å²) < 4.78 is 16.9. The molecule has 0 aliphatic rings. The summed E-state index contributed by atoms with van der Waals surface area (Å²) in [6, 6.07) is 0. The van der Waals surface area contributed by atoms with Gasteiger partial charge in [0.15, 0.2) is 6.10 Å². The lowest BCUT2D eigenvalue weighted by Gasteiger charge is -2.18. The van der Waals surface area contributed by atoms with Crippen LogP contribution < -0.4 is 0 Å². The molecule has 0 saturated heterocycles. The van der Waals surface area contributed by atoms with Crippen molar-refractivity contribution in [3.05, 3.63) is 48.6 Å². The Balaban J connectivity index is 4.35. The van der Waals surface area contributed by atoms with Crippen LogP contribution in [0.2, 0.25) is 0 Å². The Hall–Kier alpha value is -2.63. The van der Waals surface area contributed by atoms with Gasteiger partial charge < -0.3 is 14.2 Å². The third-order valence-corrected chi connectivity index (χ3v) is 12.8. The minimum absolute atomic E-state index is 0.0781. The van der Waals surface area contributed by atoms with Crippen molar-refractivity contribution in [3.63, 3.8) is 0 Å². The Bertz CT molecular complexity index is 1170. The number of hydrogen-bond acceptors (Lipinski definition) is 6. The summed E-state index contributed by atoms with van der Waals surface area (Å²) in [4.78, 5) is 38.1. The lowest BCUT2D eigenvalue weighted by atomic mass is 10.1. The zero-order valence-corrected chi connectivity index (χ0v) is 44.7. The summed E-state index contributed by atoms with van der Waals surface area (Å²) in [5.41, 5.74) is 0. The van der Waals surface area contributed by atoms with E-state index in [1.54, 1.807) is 0 Å². The Morgan fingerprint density at radius 1 is 0.299 bits per heavy atom. The highest BCUT2D eigenvalue weighted by Crippen LogP contribution is 2.15. The van der Waals surface area contributed by atoms with Gasteiger partial charge in [0.25, 0.3) is 0 Å². The Morgan fingerprint density at radius 3 is 0.881 bits per heavy atom. The first-order chi connectivity index (χ1) is 33.0. The average molecular weight is 940 g/mol. The predicted octanol–water partition coefficient (Wildman–Crippen LogP) is 19.4. The quantitative estimate of drug-likeness (QED) is 0.0262. The van der Waals surface area contributed by atoms with E-state index in [0.29, 0.717) is 19.3 Å². The predicted molar refractivity (Wildman–Crippen MR) is 289 cm³/mol. The van der Waals surface area contributed by atoms with Gasteiger partial charge in [0.1, 0.15) is 13.2 Å². The number of esters is 3. The van der Waals surface area contributed by atoms with Gasteiger partial charge in [-0.05, 0) is 103 Å². The van der Waals surface area contributed by atoms with E-state index >= 15 is 0 Å². The van der Waals surface area contributed by atoms with Crippen LogP contribution in [0.1, 0.15) is 303 Å². The second kappa shape index (κ2) is 56.0.